The van der Waals surface area contributed by atoms with Gasteiger partial charge in [0.05, 0.1) is 5.92 Å². The second-order valence-electron chi connectivity index (χ2n) is 6.02. The predicted octanol–water partition coefficient (Wildman–Crippen LogP) is 0.313. The quantitative estimate of drug-likeness (QED) is 0.810. The second-order valence-corrected chi connectivity index (χ2v) is 6.02. The summed E-state index contributed by atoms with van der Waals surface area (Å²) in [4.78, 5) is 39.8. The number of carbonyl (C=O) groups excluding carboxylic acids is 2. The molecule has 0 aromatic carbocycles. The van der Waals surface area contributed by atoms with Crippen LogP contribution in [0.15, 0.2) is 0 Å². The van der Waals surface area contributed by atoms with Crippen LogP contribution in [0.5, 0.6) is 0 Å². The number of carboxylic acids is 1. The second kappa shape index (κ2) is 6.32. The smallest absolute Gasteiger partial charge is 0.320 e. The Morgan fingerprint density at radius 1 is 1.19 bits per heavy atom. The van der Waals surface area contributed by atoms with Gasteiger partial charge in [0.1, 0.15) is 6.54 Å². The van der Waals surface area contributed by atoms with Gasteiger partial charge in [-0.3, -0.25) is 9.59 Å². The van der Waals surface area contributed by atoms with Crippen molar-refractivity contribution in [3.05, 3.63) is 0 Å². The van der Waals surface area contributed by atoms with E-state index in [1.165, 1.54) is 4.90 Å². The number of carbonyl (C=O) groups is 3. The highest BCUT2D eigenvalue weighted by Gasteiger charge is 2.38. The van der Waals surface area contributed by atoms with Crippen LogP contribution in [-0.2, 0) is 9.59 Å². The number of amides is 3. The van der Waals surface area contributed by atoms with Crippen molar-refractivity contribution in [1.29, 1.82) is 0 Å². The van der Waals surface area contributed by atoms with Gasteiger partial charge in [0, 0.05) is 39.1 Å². The van der Waals surface area contributed by atoms with Crippen LogP contribution in [0.2, 0.25) is 0 Å². The van der Waals surface area contributed by atoms with Gasteiger partial charge in [-0.05, 0) is 12.8 Å². The van der Waals surface area contributed by atoms with E-state index in [9.17, 15) is 14.4 Å². The number of hydrogen-bond acceptors (Lipinski definition) is 3. The van der Waals surface area contributed by atoms with Gasteiger partial charge in [0.25, 0.3) is 0 Å². The van der Waals surface area contributed by atoms with Crippen LogP contribution in [0.4, 0.5) is 4.79 Å². The lowest BCUT2D eigenvalue weighted by Crippen LogP contribution is -2.57. The maximum absolute atomic E-state index is 12.1. The first-order valence-electron chi connectivity index (χ1n) is 7.40. The fourth-order valence-electron chi connectivity index (χ4n) is 2.77. The monoisotopic (exact) mass is 297 g/mol. The Morgan fingerprint density at radius 2 is 1.76 bits per heavy atom. The molecule has 0 spiro atoms. The molecule has 0 radical (unpaired) electrons. The van der Waals surface area contributed by atoms with Crippen LogP contribution in [0.1, 0.15) is 19.8 Å². The minimum absolute atomic E-state index is 0.00846. The molecule has 0 aromatic rings. The molecule has 7 heteroatoms. The van der Waals surface area contributed by atoms with E-state index in [0.717, 1.165) is 25.9 Å². The molecule has 1 atom stereocenters. The van der Waals surface area contributed by atoms with Crippen LogP contribution in [-0.4, -0.2) is 77.5 Å². The lowest BCUT2D eigenvalue weighted by Gasteiger charge is -2.42. The van der Waals surface area contributed by atoms with Gasteiger partial charge in [0.2, 0.25) is 5.91 Å². The Balaban J connectivity index is 1.76. The van der Waals surface area contributed by atoms with Gasteiger partial charge in [-0.2, -0.15) is 0 Å². The van der Waals surface area contributed by atoms with E-state index in [1.54, 1.807) is 23.8 Å². The molecule has 1 unspecified atom stereocenters. The van der Waals surface area contributed by atoms with E-state index >= 15 is 0 Å². The Hall–Kier alpha value is -1.79. The number of urea groups is 1. The van der Waals surface area contributed by atoms with Crippen molar-refractivity contribution in [2.24, 2.45) is 11.8 Å². The Labute approximate surface area is 124 Å². The summed E-state index contributed by atoms with van der Waals surface area (Å²) < 4.78 is 0. The molecule has 118 valence electrons. The summed E-state index contributed by atoms with van der Waals surface area (Å²) in [5.41, 5.74) is 0. The normalized spacial score (nSPS) is 20.1. The van der Waals surface area contributed by atoms with Gasteiger partial charge < -0.3 is 19.8 Å². The van der Waals surface area contributed by atoms with Crippen molar-refractivity contribution < 1.29 is 19.5 Å². The highest BCUT2D eigenvalue weighted by molar-refractivity contribution is 5.84. The van der Waals surface area contributed by atoms with E-state index < -0.39 is 11.9 Å². The number of aliphatic carboxylic acids is 1. The molecule has 3 amide bonds. The number of rotatable bonds is 4. The van der Waals surface area contributed by atoms with Gasteiger partial charge in [-0.25, -0.2) is 4.79 Å². The molecule has 21 heavy (non-hydrogen) atoms. The lowest BCUT2D eigenvalue weighted by molar-refractivity contribution is -0.144. The van der Waals surface area contributed by atoms with Gasteiger partial charge in [0.15, 0.2) is 0 Å². The Bertz CT molecular complexity index is 428. The first kappa shape index (κ1) is 15.6. The summed E-state index contributed by atoms with van der Waals surface area (Å²) >= 11 is 0. The number of nitrogens with zero attached hydrogens (tertiary/aromatic N) is 3. The maximum Gasteiger partial charge on any atom is 0.320 e. The van der Waals surface area contributed by atoms with Crippen molar-refractivity contribution in [3.63, 3.8) is 0 Å². The fourth-order valence-corrected chi connectivity index (χ4v) is 2.77. The van der Waals surface area contributed by atoms with Crippen LogP contribution in [0.25, 0.3) is 0 Å². The molecule has 2 aliphatic rings. The fraction of sp³-hybridized carbons (Fsp3) is 0.786. The highest BCUT2D eigenvalue weighted by Crippen LogP contribution is 2.24. The number of hydrogen-bond donors (Lipinski definition) is 1. The minimum Gasteiger partial charge on any atom is -0.481 e. The van der Waals surface area contributed by atoms with Crippen LogP contribution >= 0.6 is 0 Å². The number of likely N-dealkylation sites (N-methyl/N-ethyl adjacent to an activating group) is 1. The van der Waals surface area contributed by atoms with Gasteiger partial charge in [-0.15, -0.1) is 0 Å². The number of carboxylic acid groups (broad SMARTS) is 1. The standard InChI is InChI=1S/C14H23N3O4/c1-10(13(19)20)11-7-17(8-11)14(21)15(2)9-12(18)16-5-3-4-6-16/h10-11H,3-9H2,1-2H3,(H,19,20). The lowest BCUT2D eigenvalue weighted by atomic mass is 9.87. The molecule has 2 heterocycles. The first-order chi connectivity index (χ1) is 9.90. The highest BCUT2D eigenvalue weighted by atomic mass is 16.4. The van der Waals surface area contributed by atoms with Crippen molar-refractivity contribution in [2.75, 3.05) is 39.8 Å². The Morgan fingerprint density at radius 3 is 2.29 bits per heavy atom. The van der Waals surface area contributed by atoms with Gasteiger partial charge in [-0.1, -0.05) is 6.92 Å². The number of likely N-dealkylation sites (tertiary alicyclic amines) is 2. The third kappa shape index (κ3) is 3.46. The average molecular weight is 297 g/mol. The summed E-state index contributed by atoms with van der Waals surface area (Å²) in [5, 5.41) is 8.93. The van der Waals surface area contributed by atoms with E-state index in [2.05, 4.69) is 0 Å². The van der Waals surface area contributed by atoms with Crippen LogP contribution < -0.4 is 0 Å². The summed E-state index contributed by atoms with van der Waals surface area (Å²) in [6.07, 6.45) is 2.06. The Kier molecular flexibility index (Phi) is 4.69. The van der Waals surface area contributed by atoms with Crippen molar-refractivity contribution in [1.82, 2.24) is 14.7 Å². The third-order valence-electron chi connectivity index (χ3n) is 4.43. The maximum atomic E-state index is 12.1. The van der Waals surface area contributed by atoms with Gasteiger partial charge >= 0.3 is 12.0 Å². The molecule has 0 bridgehead atoms. The minimum atomic E-state index is -0.829. The molecule has 0 saturated carbocycles. The molecule has 7 nitrogen and oxygen atoms in total. The summed E-state index contributed by atoms with van der Waals surface area (Å²) in [6, 6.07) is -0.198. The molecule has 0 aliphatic carbocycles. The molecule has 2 rings (SSSR count). The summed E-state index contributed by atoms with van der Waals surface area (Å²) in [6.45, 7) is 4.22. The zero-order valence-corrected chi connectivity index (χ0v) is 12.6. The zero-order chi connectivity index (χ0) is 15.6. The molecule has 1 N–H and O–H groups in total. The first-order valence-corrected chi connectivity index (χ1v) is 7.40. The molecule has 2 aliphatic heterocycles. The van der Waals surface area contributed by atoms with E-state index in [4.69, 9.17) is 5.11 Å². The molecule has 0 aromatic heterocycles. The summed E-state index contributed by atoms with van der Waals surface area (Å²) in [7, 11) is 1.62. The largest absolute Gasteiger partial charge is 0.481 e. The molecule has 2 saturated heterocycles. The van der Waals surface area contributed by atoms with E-state index in [-0.39, 0.29) is 24.4 Å². The SMILES string of the molecule is CC(C(=O)O)C1CN(C(=O)N(C)CC(=O)N2CCCC2)C1. The van der Waals surface area contributed by atoms with Crippen LogP contribution in [0.3, 0.4) is 0 Å². The molecule has 2 fully saturated rings. The van der Waals surface area contributed by atoms with E-state index in [1.807, 2.05) is 0 Å². The molecular formula is C14H23N3O4. The topological polar surface area (TPSA) is 81.2 Å². The van der Waals surface area contributed by atoms with Crippen molar-refractivity contribution in [3.8, 4) is 0 Å². The van der Waals surface area contributed by atoms with Crippen LogP contribution in [0, 0.1) is 11.8 Å². The summed E-state index contributed by atoms with van der Waals surface area (Å²) in [5.74, 6) is -1.27. The van der Waals surface area contributed by atoms with Crippen molar-refractivity contribution in [2.45, 2.75) is 19.8 Å². The van der Waals surface area contributed by atoms with E-state index in [0.29, 0.717) is 13.1 Å². The predicted molar refractivity (Wildman–Crippen MR) is 75.7 cm³/mol. The zero-order valence-electron chi connectivity index (χ0n) is 12.6. The third-order valence-corrected chi connectivity index (χ3v) is 4.43. The average Bonchev–Trinajstić information content (AvgIpc) is 2.90. The molecular weight excluding hydrogens is 274 g/mol. The van der Waals surface area contributed by atoms with Crippen molar-refractivity contribution >= 4 is 17.9 Å².